The Kier molecular flexibility index (Phi) is 5.75. The van der Waals surface area contributed by atoms with Crippen LogP contribution in [0.25, 0.3) is 0 Å². The fraction of sp³-hybridized carbons (Fsp3) is 0.417. The van der Waals surface area contributed by atoms with Gasteiger partial charge in [-0.15, -0.1) is 0 Å². The average molecular weight is 293 g/mol. The number of benzene rings is 1. The highest BCUT2D eigenvalue weighted by atomic mass is 19.3. The Morgan fingerprint density at radius 3 is 2.40 bits per heavy atom. The molecule has 0 saturated heterocycles. The van der Waals surface area contributed by atoms with Crippen LogP contribution in [0.4, 0.5) is 17.6 Å². The second-order valence-corrected chi connectivity index (χ2v) is 4.18. The van der Waals surface area contributed by atoms with Gasteiger partial charge in [0.05, 0.1) is 12.5 Å². The van der Waals surface area contributed by atoms with Gasteiger partial charge in [0.25, 0.3) is 0 Å². The van der Waals surface area contributed by atoms with Crippen LogP contribution >= 0.6 is 0 Å². The number of hydrogen-bond donors (Lipinski definition) is 3. The molecule has 1 unspecified atom stereocenters. The second kappa shape index (κ2) is 7.09. The van der Waals surface area contributed by atoms with E-state index in [-0.39, 0.29) is 12.4 Å². The molecule has 0 fully saturated rings. The molecule has 8 heteroatoms. The van der Waals surface area contributed by atoms with E-state index < -0.39 is 24.8 Å². The number of nitrogens with zero attached hydrogens (tertiary/aromatic N) is 1. The molecule has 0 aliphatic rings. The van der Waals surface area contributed by atoms with Gasteiger partial charge in [-0.1, -0.05) is 35.5 Å². The molecule has 0 aliphatic carbocycles. The highest BCUT2D eigenvalue weighted by molar-refractivity contribution is 5.87. The Hall–Kier alpha value is -1.83. The summed E-state index contributed by atoms with van der Waals surface area (Å²) < 4.78 is 49.5. The molecule has 1 aromatic rings. The quantitative estimate of drug-likeness (QED) is 0.237. The van der Waals surface area contributed by atoms with Gasteiger partial charge in [0.2, 0.25) is 0 Å². The van der Waals surface area contributed by atoms with Crippen LogP contribution in [0, 0.1) is 0 Å². The van der Waals surface area contributed by atoms with Gasteiger partial charge >= 0.3 is 12.3 Å². The zero-order valence-corrected chi connectivity index (χ0v) is 10.4. The summed E-state index contributed by atoms with van der Waals surface area (Å²) >= 11 is 0. The first-order valence-corrected chi connectivity index (χ1v) is 5.77. The van der Waals surface area contributed by atoms with Gasteiger partial charge in [0, 0.05) is 6.54 Å². The Morgan fingerprint density at radius 1 is 1.30 bits per heavy atom. The Balaban J connectivity index is 2.69. The van der Waals surface area contributed by atoms with E-state index in [9.17, 15) is 17.6 Å². The molecule has 0 aromatic heterocycles. The van der Waals surface area contributed by atoms with Crippen molar-refractivity contribution in [2.75, 3.05) is 13.1 Å². The third-order valence-electron chi connectivity index (χ3n) is 2.70. The summed E-state index contributed by atoms with van der Waals surface area (Å²) in [5.41, 5.74) is 6.10. The molecular formula is C12H15F4N3O. The third kappa shape index (κ3) is 4.37. The van der Waals surface area contributed by atoms with Crippen molar-refractivity contribution < 1.29 is 22.8 Å². The van der Waals surface area contributed by atoms with Crippen molar-refractivity contribution in [3.8, 4) is 0 Å². The van der Waals surface area contributed by atoms with Crippen molar-refractivity contribution in [2.45, 2.75) is 18.3 Å². The molecule has 4 N–H and O–H groups in total. The van der Waals surface area contributed by atoms with E-state index in [0.29, 0.717) is 5.56 Å². The van der Waals surface area contributed by atoms with E-state index in [2.05, 4.69) is 10.5 Å². The lowest BCUT2D eigenvalue weighted by Gasteiger charge is -2.20. The summed E-state index contributed by atoms with van der Waals surface area (Å²) in [6.07, 6.45) is -3.74. The number of hydrogen-bond acceptors (Lipinski definition) is 3. The highest BCUT2D eigenvalue weighted by Gasteiger charge is 2.40. The van der Waals surface area contributed by atoms with Gasteiger partial charge in [-0.3, -0.25) is 0 Å². The summed E-state index contributed by atoms with van der Waals surface area (Å²) in [6, 6.07) is 8.46. The number of alkyl halides is 4. The van der Waals surface area contributed by atoms with Crippen molar-refractivity contribution in [2.24, 2.45) is 10.9 Å². The number of oxime groups is 1. The molecule has 0 bridgehead atoms. The molecule has 20 heavy (non-hydrogen) atoms. The van der Waals surface area contributed by atoms with E-state index in [1.165, 1.54) is 0 Å². The lowest BCUT2D eigenvalue weighted by molar-refractivity contribution is -0.125. The molecular weight excluding hydrogens is 278 g/mol. The van der Waals surface area contributed by atoms with Crippen LogP contribution in [0.5, 0.6) is 0 Å². The normalized spacial score (nSPS) is 14.6. The van der Waals surface area contributed by atoms with E-state index in [0.717, 1.165) is 0 Å². The first-order chi connectivity index (χ1) is 9.38. The average Bonchev–Trinajstić information content (AvgIpc) is 2.43. The zero-order valence-electron chi connectivity index (χ0n) is 10.4. The van der Waals surface area contributed by atoms with Gasteiger partial charge < -0.3 is 16.3 Å². The van der Waals surface area contributed by atoms with Crippen LogP contribution in [0.15, 0.2) is 35.5 Å². The second-order valence-electron chi connectivity index (χ2n) is 4.18. The van der Waals surface area contributed by atoms with E-state index in [1.807, 2.05) is 0 Å². The molecule has 0 amide bonds. The van der Waals surface area contributed by atoms with Crippen LogP contribution in [-0.4, -0.2) is 36.5 Å². The summed E-state index contributed by atoms with van der Waals surface area (Å²) in [5, 5.41) is 13.7. The molecule has 4 nitrogen and oxygen atoms in total. The summed E-state index contributed by atoms with van der Waals surface area (Å²) in [7, 11) is 0. The van der Waals surface area contributed by atoms with Crippen molar-refractivity contribution in [1.82, 2.24) is 5.32 Å². The van der Waals surface area contributed by atoms with Gasteiger partial charge in [0.1, 0.15) is 5.84 Å². The molecule has 0 spiro atoms. The van der Waals surface area contributed by atoms with Gasteiger partial charge in [-0.25, -0.2) is 8.78 Å². The van der Waals surface area contributed by atoms with E-state index in [4.69, 9.17) is 10.9 Å². The smallest absolute Gasteiger partial charge is 0.319 e. The monoisotopic (exact) mass is 293 g/mol. The maximum Gasteiger partial charge on any atom is 0.319 e. The predicted octanol–water partition coefficient (Wildman–Crippen LogP) is 2.01. The standard InChI is InChI=1S/C12H15F4N3O/c13-11(14)12(15,16)7-18-6-9(10(17)19-20)8-4-2-1-3-5-8/h1-5,9,11,18,20H,6-7H2,(H2,17,19). The summed E-state index contributed by atoms with van der Waals surface area (Å²) in [5.74, 6) is -4.99. The van der Waals surface area contributed by atoms with Crippen LogP contribution < -0.4 is 11.1 Å². The SMILES string of the molecule is N/C(=N/O)C(CNCC(F)(F)C(F)F)c1ccccc1. The van der Waals surface area contributed by atoms with Crippen molar-refractivity contribution >= 4 is 5.84 Å². The van der Waals surface area contributed by atoms with Crippen LogP contribution in [-0.2, 0) is 0 Å². The third-order valence-corrected chi connectivity index (χ3v) is 2.70. The maximum atomic E-state index is 12.8. The Labute approximate surface area is 113 Å². The van der Waals surface area contributed by atoms with Gasteiger partial charge in [-0.2, -0.15) is 8.78 Å². The van der Waals surface area contributed by atoms with Crippen molar-refractivity contribution in [1.29, 1.82) is 0 Å². The fourth-order valence-corrected chi connectivity index (χ4v) is 1.61. The fourth-order valence-electron chi connectivity index (χ4n) is 1.61. The van der Waals surface area contributed by atoms with Gasteiger partial charge in [0.15, 0.2) is 0 Å². The minimum atomic E-state index is -4.12. The minimum Gasteiger partial charge on any atom is -0.409 e. The largest absolute Gasteiger partial charge is 0.409 e. The predicted molar refractivity (Wildman–Crippen MR) is 66.4 cm³/mol. The van der Waals surface area contributed by atoms with Crippen LogP contribution in [0.2, 0.25) is 0 Å². The Morgan fingerprint density at radius 2 is 1.90 bits per heavy atom. The number of amidine groups is 1. The van der Waals surface area contributed by atoms with Crippen LogP contribution in [0.1, 0.15) is 11.5 Å². The number of nitrogens with one attached hydrogen (secondary N) is 1. The highest BCUT2D eigenvalue weighted by Crippen LogP contribution is 2.22. The van der Waals surface area contributed by atoms with Crippen molar-refractivity contribution in [3.63, 3.8) is 0 Å². The first-order valence-electron chi connectivity index (χ1n) is 5.77. The molecule has 0 radical (unpaired) electrons. The maximum absolute atomic E-state index is 12.8. The summed E-state index contributed by atoms with van der Waals surface area (Å²) in [6.45, 7) is -1.34. The lowest BCUT2D eigenvalue weighted by atomic mass is 9.98. The van der Waals surface area contributed by atoms with Gasteiger partial charge in [-0.05, 0) is 5.56 Å². The molecule has 1 rings (SSSR count). The molecule has 0 saturated carbocycles. The molecule has 0 heterocycles. The number of rotatable bonds is 7. The van der Waals surface area contributed by atoms with E-state index >= 15 is 0 Å². The lowest BCUT2D eigenvalue weighted by Crippen LogP contribution is -2.42. The Bertz CT molecular complexity index is 440. The topological polar surface area (TPSA) is 70.6 Å². The zero-order chi connectivity index (χ0) is 15.2. The molecule has 1 atom stereocenters. The first kappa shape index (κ1) is 16.2. The molecule has 1 aromatic carbocycles. The summed E-state index contributed by atoms with van der Waals surface area (Å²) in [4.78, 5) is 0. The number of nitrogens with two attached hydrogens (primary N) is 1. The van der Waals surface area contributed by atoms with E-state index in [1.54, 1.807) is 30.3 Å². The van der Waals surface area contributed by atoms with Crippen LogP contribution in [0.3, 0.4) is 0 Å². The molecule has 112 valence electrons. The molecule has 0 aliphatic heterocycles. The number of halogens is 4. The minimum absolute atomic E-state index is 0.151. The van der Waals surface area contributed by atoms with Crippen molar-refractivity contribution in [3.05, 3.63) is 35.9 Å².